The molecule has 9 heteroatoms. The largest absolute Gasteiger partial charge is 0.376 e. The van der Waals surface area contributed by atoms with Gasteiger partial charge >= 0.3 is 0 Å². The summed E-state index contributed by atoms with van der Waals surface area (Å²) in [5.41, 5.74) is 1.17. The number of benzene rings is 1. The molecule has 0 saturated heterocycles. The second-order valence-corrected chi connectivity index (χ2v) is 7.84. The van der Waals surface area contributed by atoms with Crippen LogP contribution in [0.3, 0.4) is 0 Å². The topological polar surface area (TPSA) is 91.8 Å². The Hall–Kier alpha value is -0.910. The van der Waals surface area contributed by atoms with Crippen LogP contribution in [0.25, 0.3) is 0 Å². The van der Waals surface area contributed by atoms with Gasteiger partial charge in [-0.3, -0.25) is 4.99 Å². The van der Waals surface area contributed by atoms with Gasteiger partial charge in [-0.05, 0) is 17.9 Å². The van der Waals surface area contributed by atoms with E-state index in [1.165, 1.54) is 5.56 Å². The molecule has 0 heterocycles. The highest BCUT2D eigenvalue weighted by molar-refractivity contribution is 14.0. The smallest absolute Gasteiger partial charge is 0.208 e. The zero-order valence-electron chi connectivity index (χ0n) is 15.7. The molecule has 0 aliphatic carbocycles. The lowest BCUT2D eigenvalue weighted by Crippen LogP contribution is -2.41. The molecular formula is C17H31IN4O3S. The molecule has 1 rings (SSSR count). The number of guanidine groups is 1. The molecule has 0 bridgehead atoms. The second kappa shape index (κ2) is 14.2. The van der Waals surface area contributed by atoms with Gasteiger partial charge in [0, 0.05) is 26.7 Å². The summed E-state index contributed by atoms with van der Waals surface area (Å²) in [6.45, 7) is 5.19. The van der Waals surface area contributed by atoms with Crippen molar-refractivity contribution in [3.63, 3.8) is 0 Å². The third-order valence-electron chi connectivity index (χ3n) is 3.37. The Morgan fingerprint density at radius 2 is 1.88 bits per heavy atom. The number of hydrogen-bond donors (Lipinski definition) is 3. The summed E-state index contributed by atoms with van der Waals surface area (Å²) in [6.07, 6.45) is 1.84. The Labute approximate surface area is 174 Å². The maximum Gasteiger partial charge on any atom is 0.208 e. The van der Waals surface area contributed by atoms with Crippen molar-refractivity contribution in [1.82, 2.24) is 15.4 Å². The Morgan fingerprint density at radius 1 is 1.19 bits per heavy atom. The molecule has 1 aromatic carbocycles. The monoisotopic (exact) mass is 498 g/mol. The van der Waals surface area contributed by atoms with Crippen LogP contribution in [0.4, 0.5) is 0 Å². The maximum atomic E-state index is 11.0. The maximum absolute atomic E-state index is 11.0. The standard InChI is InChI=1S/C17H30N4O3S.HI/c1-15(13-24-14-16-8-5-4-6-9-16)12-20-17(18-2)19-10-7-11-21-25(3,22)23;/h4-6,8-9,15,21H,7,10-14H2,1-3H3,(H2,18,19,20);1H. The number of ether oxygens (including phenoxy) is 1. The molecule has 1 aromatic rings. The van der Waals surface area contributed by atoms with Gasteiger partial charge in [0.05, 0.1) is 19.5 Å². The molecule has 0 aromatic heterocycles. The fraction of sp³-hybridized carbons (Fsp3) is 0.588. The average molecular weight is 498 g/mol. The lowest BCUT2D eigenvalue weighted by molar-refractivity contribution is 0.0931. The van der Waals surface area contributed by atoms with Gasteiger partial charge in [-0.1, -0.05) is 37.3 Å². The van der Waals surface area contributed by atoms with Crippen LogP contribution >= 0.6 is 24.0 Å². The SMILES string of the molecule is CN=C(NCCCNS(C)(=O)=O)NCC(C)COCc1ccccc1.I. The van der Waals surface area contributed by atoms with Crippen LogP contribution in [0.5, 0.6) is 0 Å². The third-order valence-corrected chi connectivity index (χ3v) is 4.09. The molecule has 0 fully saturated rings. The van der Waals surface area contributed by atoms with E-state index in [4.69, 9.17) is 4.74 Å². The molecule has 1 atom stereocenters. The molecule has 3 N–H and O–H groups in total. The van der Waals surface area contributed by atoms with E-state index >= 15 is 0 Å². The van der Waals surface area contributed by atoms with Gasteiger partial charge in [-0.15, -0.1) is 24.0 Å². The lowest BCUT2D eigenvalue weighted by Gasteiger charge is -2.16. The van der Waals surface area contributed by atoms with E-state index in [1.54, 1.807) is 7.05 Å². The number of nitrogens with one attached hydrogen (secondary N) is 3. The van der Waals surface area contributed by atoms with E-state index in [1.807, 2.05) is 30.3 Å². The third kappa shape index (κ3) is 13.3. The van der Waals surface area contributed by atoms with Crippen LogP contribution < -0.4 is 15.4 Å². The first-order valence-corrected chi connectivity index (χ1v) is 10.3. The van der Waals surface area contributed by atoms with Crippen molar-refractivity contribution in [2.75, 3.05) is 39.5 Å². The quantitative estimate of drug-likeness (QED) is 0.187. The number of halogens is 1. The average Bonchev–Trinajstić information content (AvgIpc) is 2.57. The Balaban J connectivity index is 0.00000625. The summed E-state index contributed by atoms with van der Waals surface area (Å²) in [7, 11) is -1.41. The predicted molar refractivity (Wildman–Crippen MR) is 118 cm³/mol. The summed E-state index contributed by atoms with van der Waals surface area (Å²) in [6, 6.07) is 10.1. The van der Waals surface area contributed by atoms with Crippen molar-refractivity contribution < 1.29 is 13.2 Å². The lowest BCUT2D eigenvalue weighted by atomic mass is 10.2. The molecule has 0 radical (unpaired) electrons. The predicted octanol–water partition coefficient (Wildman–Crippen LogP) is 1.56. The van der Waals surface area contributed by atoms with Gasteiger partial charge < -0.3 is 15.4 Å². The molecule has 0 spiro atoms. The molecule has 1 unspecified atom stereocenters. The summed E-state index contributed by atoms with van der Waals surface area (Å²) in [5.74, 6) is 1.04. The fourth-order valence-electron chi connectivity index (χ4n) is 2.06. The number of rotatable bonds is 11. The van der Waals surface area contributed by atoms with Gasteiger partial charge in [-0.25, -0.2) is 13.1 Å². The minimum absolute atomic E-state index is 0. The molecule has 0 saturated carbocycles. The molecule has 0 aliphatic heterocycles. The normalized spacial score (nSPS) is 13.0. The second-order valence-electron chi connectivity index (χ2n) is 6.01. The minimum Gasteiger partial charge on any atom is -0.376 e. The van der Waals surface area contributed by atoms with Crippen LogP contribution in [0.2, 0.25) is 0 Å². The van der Waals surface area contributed by atoms with Crippen molar-refractivity contribution in [3.05, 3.63) is 35.9 Å². The van der Waals surface area contributed by atoms with Crippen LogP contribution in [0, 0.1) is 5.92 Å². The van der Waals surface area contributed by atoms with Crippen LogP contribution in [-0.2, 0) is 21.4 Å². The zero-order chi connectivity index (χ0) is 18.5. The summed E-state index contributed by atoms with van der Waals surface area (Å²) >= 11 is 0. The highest BCUT2D eigenvalue weighted by Gasteiger charge is 2.05. The molecule has 150 valence electrons. The van der Waals surface area contributed by atoms with Crippen molar-refractivity contribution in [2.24, 2.45) is 10.9 Å². The Bertz CT molecular complexity index is 612. The summed E-state index contributed by atoms with van der Waals surface area (Å²) in [5, 5.41) is 6.40. The van der Waals surface area contributed by atoms with E-state index in [0.29, 0.717) is 44.6 Å². The highest BCUT2D eigenvalue weighted by Crippen LogP contribution is 2.02. The van der Waals surface area contributed by atoms with E-state index in [-0.39, 0.29) is 24.0 Å². The van der Waals surface area contributed by atoms with Gasteiger partial charge in [0.2, 0.25) is 10.0 Å². The zero-order valence-corrected chi connectivity index (χ0v) is 18.8. The van der Waals surface area contributed by atoms with E-state index in [9.17, 15) is 8.42 Å². The van der Waals surface area contributed by atoms with Crippen LogP contribution in [-0.4, -0.2) is 53.9 Å². The number of aliphatic imine (C=N–C) groups is 1. The molecule has 7 nitrogen and oxygen atoms in total. The Kier molecular flexibility index (Phi) is 13.7. The van der Waals surface area contributed by atoms with Crippen molar-refractivity contribution >= 4 is 40.0 Å². The highest BCUT2D eigenvalue weighted by atomic mass is 127. The Morgan fingerprint density at radius 3 is 2.50 bits per heavy atom. The summed E-state index contributed by atoms with van der Waals surface area (Å²) in [4.78, 5) is 4.15. The number of sulfonamides is 1. The molecular weight excluding hydrogens is 467 g/mol. The van der Waals surface area contributed by atoms with Crippen molar-refractivity contribution in [1.29, 1.82) is 0 Å². The van der Waals surface area contributed by atoms with Crippen LogP contribution in [0.15, 0.2) is 35.3 Å². The number of hydrogen-bond acceptors (Lipinski definition) is 4. The molecule has 0 aliphatic rings. The van der Waals surface area contributed by atoms with Gasteiger partial charge in [-0.2, -0.15) is 0 Å². The molecule has 0 amide bonds. The number of nitrogens with zero attached hydrogens (tertiary/aromatic N) is 1. The van der Waals surface area contributed by atoms with Gasteiger partial charge in [0.25, 0.3) is 0 Å². The van der Waals surface area contributed by atoms with Crippen molar-refractivity contribution in [3.8, 4) is 0 Å². The van der Waals surface area contributed by atoms with Gasteiger partial charge in [0.1, 0.15) is 0 Å². The van der Waals surface area contributed by atoms with E-state index < -0.39 is 10.0 Å². The first-order chi connectivity index (χ1) is 11.9. The fourth-order valence-corrected chi connectivity index (χ4v) is 2.57. The first-order valence-electron chi connectivity index (χ1n) is 8.41. The van der Waals surface area contributed by atoms with Crippen LogP contribution in [0.1, 0.15) is 18.9 Å². The molecule has 26 heavy (non-hydrogen) atoms. The van der Waals surface area contributed by atoms with E-state index in [0.717, 1.165) is 12.8 Å². The summed E-state index contributed by atoms with van der Waals surface area (Å²) < 4.78 is 30.1. The minimum atomic E-state index is -3.12. The van der Waals surface area contributed by atoms with Gasteiger partial charge in [0.15, 0.2) is 5.96 Å². The van der Waals surface area contributed by atoms with E-state index in [2.05, 4.69) is 27.3 Å². The van der Waals surface area contributed by atoms with Crippen molar-refractivity contribution in [2.45, 2.75) is 20.0 Å². The first kappa shape index (κ1) is 25.1.